The van der Waals surface area contributed by atoms with E-state index in [0.29, 0.717) is 0 Å². The van der Waals surface area contributed by atoms with Crippen molar-refractivity contribution < 1.29 is 0 Å². The van der Waals surface area contributed by atoms with Crippen LogP contribution in [0, 0.1) is 0 Å². The van der Waals surface area contributed by atoms with Crippen LogP contribution in [0.15, 0.2) is 12.1 Å². The molecule has 2 atom stereocenters. The minimum Gasteiger partial charge on any atom is -0.308 e. The van der Waals surface area contributed by atoms with E-state index < -0.39 is 0 Å². The van der Waals surface area contributed by atoms with Crippen LogP contribution in [0.3, 0.4) is 0 Å². The third-order valence-electron chi connectivity index (χ3n) is 3.77. The van der Waals surface area contributed by atoms with E-state index in [1.54, 1.807) is 0 Å². The van der Waals surface area contributed by atoms with Gasteiger partial charge >= 0.3 is 0 Å². The Kier molecular flexibility index (Phi) is 5.38. The lowest BCUT2D eigenvalue weighted by Gasteiger charge is -2.20. The summed E-state index contributed by atoms with van der Waals surface area (Å²) in [6, 6.07) is 5.33. The molecule has 108 valence electrons. The van der Waals surface area contributed by atoms with Crippen LogP contribution in [0.5, 0.6) is 0 Å². The lowest BCUT2D eigenvalue weighted by molar-refractivity contribution is 0.535. The van der Waals surface area contributed by atoms with E-state index in [9.17, 15) is 0 Å². The summed E-state index contributed by atoms with van der Waals surface area (Å²) in [5.41, 5.74) is 0.289. The summed E-state index contributed by atoms with van der Waals surface area (Å²) in [6.45, 7) is 10.2. The fourth-order valence-electron chi connectivity index (χ4n) is 2.68. The Bertz CT molecular complexity index is 392. The first kappa shape index (κ1) is 15.4. The van der Waals surface area contributed by atoms with Crippen LogP contribution >= 0.6 is 23.1 Å². The first-order chi connectivity index (χ1) is 9.00. The summed E-state index contributed by atoms with van der Waals surface area (Å²) in [5.74, 6) is 1.25. The normalized spacial score (nSPS) is 24.0. The lowest BCUT2D eigenvalue weighted by atomic mass is 9.95. The largest absolute Gasteiger partial charge is 0.308 e. The molecule has 1 nitrogen and oxygen atoms in total. The van der Waals surface area contributed by atoms with Gasteiger partial charge in [-0.2, -0.15) is 11.8 Å². The number of rotatable bonds is 5. The molecule has 2 unspecified atom stereocenters. The van der Waals surface area contributed by atoms with Gasteiger partial charge in [-0.25, -0.2) is 0 Å². The van der Waals surface area contributed by atoms with Gasteiger partial charge < -0.3 is 5.32 Å². The Balaban J connectivity index is 1.87. The highest BCUT2D eigenvalue weighted by Crippen LogP contribution is 2.32. The first-order valence-electron chi connectivity index (χ1n) is 7.45. The van der Waals surface area contributed by atoms with Crippen LogP contribution in [0.25, 0.3) is 0 Å². The molecule has 19 heavy (non-hydrogen) atoms. The summed E-state index contributed by atoms with van der Waals surface area (Å²) >= 11 is 4.10. The molecule has 1 aliphatic rings. The summed E-state index contributed by atoms with van der Waals surface area (Å²) in [5, 5.41) is 4.63. The van der Waals surface area contributed by atoms with Gasteiger partial charge in [0.25, 0.3) is 0 Å². The van der Waals surface area contributed by atoms with Crippen molar-refractivity contribution in [3.63, 3.8) is 0 Å². The highest BCUT2D eigenvalue weighted by Gasteiger charge is 2.26. The molecule has 0 aromatic carbocycles. The second-order valence-corrected chi connectivity index (χ2v) is 9.11. The molecule has 1 aromatic rings. The van der Waals surface area contributed by atoms with Crippen LogP contribution in [0.4, 0.5) is 0 Å². The van der Waals surface area contributed by atoms with Gasteiger partial charge in [-0.1, -0.05) is 34.1 Å². The van der Waals surface area contributed by atoms with Crippen LogP contribution in [0.2, 0.25) is 0 Å². The third-order valence-corrected chi connectivity index (χ3v) is 6.61. The van der Waals surface area contributed by atoms with Crippen LogP contribution in [0.1, 0.15) is 56.7 Å². The van der Waals surface area contributed by atoms with E-state index in [4.69, 9.17) is 0 Å². The van der Waals surface area contributed by atoms with Crippen molar-refractivity contribution in [3.05, 3.63) is 21.9 Å². The standard InChI is InChI=1S/C16H27NS2/c1-5-18-14-8-6-7-13(14)17-11-12-9-10-15(19-12)16(2,3)4/h9-10,13-14,17H,5-8,11H2,1-4H3. The topological polar surface area (TPSA) is 12.0 Å². The highest BCUT2D eigenvalue weighted by atomic mass is 32.2. The molecule has 1 aliphatic carbocycles. The molecule has 0 aliphatic heterocycles. The van der Waals surface area contributed by atoms with Gasteiger partial charge in [-0.15, -0.1) is 11.3 Å². The van der Waals surface area contributed by atoms with Gasteiger partial charge in [0.2, 0.25) is 0 Å². The summed E-state index contributed by atoms with van der Waals surface area (Å²) in [4.78, 5) is 2.98. The number of hydrogen-bond acceptors (Lipinski definition) is 3. The van der Waals surface area contributed by atoms with Gasteiger partial charge in [-0.3, -0.25) is 0 Å². The number of hydrogen-bond donors (Lipinski definition) is 1. The Morgan fingerprint density at radius 3 is 2.74 bits per heavy atom. The molecular formula is C16H27NS2. The van der Waals surface area contributed by atoms with E-state index in [1.165, 1.54) is 34.8 Å². The maximum Gasteiger partial charge on any atom is 0.0302 e. The average Bonchev–Trinajstić information content (AvgIpc) is 2.94. The molecule has 3 heteroatoms. The second-order valence-electron chi connectivity index (χ2n) is 6.43. The summed E-state index contributed by atoms with van der Waals surface area (Å²) in [7, 11) is 0. The Labute approximate surface area is 126 Å². The van der Waals surface area contributed by atoms with Crippen molar-refractivity contribution in [1.82, 2.24) is 5.32 Å². The molecule has 0 saturated heterocycles. The van der Waals surface area contributed by atoms with Crippen molar-refractivity contribution in [3.8, 4) is 0 Å². The van der Waals surface area contributed by atoms with Crippen LogP contribution in [-0.2, 0) is 12.0 Å². The zero-order chi connectivity index (χ0) is 13.9. The monoisotopic (exact) mass is 297 g/mol. The fourth-order valence-corrected chi connectivity index (χ4v) is 4.92. The van der Waals surface area contributed by atoms with Crippen molar-refractivity contribution in [2.45, 2.75) is 70.2 Å². The fraction of sp³-hybridized carbons (Fsp3) is 0.750. The van der Waals surface area contributed by atoms with Gasteiger partial charge in [-0.05, 0) is 36.1 Å². The van der Waals surface area contributed by atoms with E-state index in [0.717, 1.165) is 17.8 Å². The molecule has 1 N–H and O–H groups in total. The minimum atomic E-state index is 0.289. The molecule has 1 saturated carbocycles. The van der Waals surface area contributed by atoms with Crippen molar-refractivity contribution in [2.24, 2.45) is 0 Å². The first-order valence-corrected chi connectivity index (χ1v) is 9.31. The van der Waals surface area contributed by atoms with E-state index in [2.05, 4.69) is 56.9 Å². The van der Waals surface area contributed by atoms with Crippen LogP contribution in [-0.4, -0.2) is 17.0 Å². The predicted octanol–water partition coefficient (Wildman–Crippen LogP) is 4.81. The molecule has 0 amide bonds. The smallest absolute Gasteiger partial charge is 0.0302 e. The number of thiophene rings is 1. The van der Waals surface area contributed by atoms with E-state index in [-0.39, 0.29) is 5.41 Å². The molecular weight excluding hydrogens is 270 g/mol. The van der Waals surface area contributed by atoms with Crippen molar-refractivity contribution >= 4 is 23.1 Å². The van der Waals surface area contributed by atoms with Crippen molar-refractivity contribution in [1.29, 1.82) is 0 Å². The minimum absolute atomic E-state index is 0.289. The van der Waals surface area contributed by atoms with E-state index >= 15 is 0 Å². The van der Waals surface area contributed by atoms with E-state index in [1.807, 2.05) is 11.3 Å². The molecule has 1 fully saturated rings. The van der Waals surface area contributed by atoms with Gasteiger partial charge in [0, 0.05) is 27.6 Å². The Morgan fingerprint density at radius 1 is 1.32 bits per heavy atom. The summed E-state index contributed by atoms with van der Waals surface area (Å²) < 4.78 is 0. The van der Waals surface area contributed by atoms with Gasteiger partial charge in [0.15, 0.2) is 0 Å². The predicted molar refractivity (Wildman–Crippen MR) is 89.4 cm³/mol. The molecule has 0 spiro atoms. The zero-order valence-corrected chi connectivity index (χ0v) is 14.3. The molecule has 1 aromatic heterocycles. The molecule has 2 rings (SSSR count). The quantitative estimate of drug-likeness (QED) is 0.837. The van der Waals surface area contributed by atoms with Gasteiger partial charge in [0.05, 0.1) is 0 Å². The second kappa shape index (κ2) is 6.64. The van der Waals surface area contributed by atoms with Crippen LogP contribution < -0.4 is 5.32 Å². The van der Waals surface area contributed by atoms with Gasteiger partial charge in [0.1, 0.15) is 0 Å². The van der Waals surface area contributed by atoms with Crippen molar-refractivity contribution in [2.75, 3.05) is 5.75 Å². The Morgan fingerprint density at radius 2 is 2.11 bits per heavy atom. The third kappa shape index (κ3) is 4.24. The SMILES string of the molecule is CCSC1CCCC1NCc1ccc(C(C)(C)C)s1. The zero-order valence-electron chi connectivity index (χ0n) is 12.7. The maximum absolute atomic E-state index is 3.79. The maximum atomic E-state index is 3.79. The highest BCUT2D eigenvalue weighted by molar-refractivity contribution is 7.99. The lowest BCUT2D eigenvalue weighted by Crippen LogP contribution is -2.33. The Hall–Kier alpha value is 0.01000. The molecule has 1 heterocycles. The molecule has 0 bridgehead atoms. The molecule has 0 radical (unpaired) electrons. The number of nitrogens with one attached hydrogen (secondary N) is 1. The summed E-state index contributed by atoms with van der Waals surface area (Å²) in [6.07, 6.45) is 4.15. The average molecular weight is 298 g/mol. The number of thioether (sulfide) groups is 1.